The van der Waals surface area contributed by atoms with Gasteiger partial charge in [-0.2, -0.15) is 0 Å². The summed E-state index contributed by atoms with van der Waals surface area (Å²) in [5, 5.41) is 50.0. The second-order valence-electron chi connectivity index (χ2n) is 14.8. The van der Waals surface area contributed by atoms with E-state index < -0.39 is 75.7 Å². The molecule has 0 bridgehead atoms. The zero-order chi connectivity index (χ0) is 43.6. The first-order valence-corrected chi connectivity index (χ1v) is 23.2. The maximum Gasteiger partial charge on any atom is 0.472 e. The van der Waals surface area contributed by atoms with Gasteiger partial charge in [0, 0.05) is 6.42 Å². The normalized spacial score (nSPS) is 23.1. The van der Waals surface area contributed by atoms with Crippen LogP contribution >= 0.6 is 7.82 Å². The summed E-state index contributed by atoms with van der Waals surface area (Å²) < 4.78 is 33.3. The third-order valence-corrected chi connectivity index (χ3v) is 10.5. The Bertz CT molecular complexity index is 1310. The third-order valence-electron chi connectivity index (χ3n) is 9.56. The molecule has 0 heterocycles. The number of aliphatic hydroxyl groups excluding tert-OH is 5. The molecule has 338 valence electrons. The highest BCUT2D eigenvalue weighted by molar-refractivity contribution is 7.47. The lowest BCUT2D eigenvalue weighted by molar-refractivity contribution is -0.220. The summed E-state index contributed by atoms with van der Waals surface area (Å²) >= 11 is 0. The van der Waals surface area contributed by atoms with E-state index in [-0.39, 0.29) is 12.8 Å². The molecular weight excluding hydrogens is 779 g/mol. The number of allylic oxidation sites excluding steroid dienone is 11. The van der Waals surface area contributed by atoms with E-state index in [1.807, 2.05) is 12.2 Å². The number of carbonyl (C=O) groups excluding carboxylic acids is 2. The first kappa shape index (κ1) is 54.3. The molecule has 1 aliphatic carbocycles. The fraction of sp³-hybridized carbons (Fsp3) is 0.689. The highest BCUT2D eigenvalue weighted by atomic mass is 31.2. The van der Waals surface area contributed by atoms with Crippen molar-refractivity contribution >= 4 is 19.8 Å². The monoisotopic (exact) mass is 854 g/mol. The van der Waals surface area contributed by atoms with Gasteiger partial charge in [0.05, 0.1) is 13.0 Å². The molecule has 1 aliphatic rings. The van der Waals surface area contributed by atoms with Gasteiger partial charge in [0.1, 0.15) is 43.2 Å². The number of rotatable bonds is 34. The van der Waals surface area contributed by atoms with Crippen LogP contribution in [0.3, 0.4) is 0 Å². The van der Waals surface area contributed by atoms with Crippen LogP contribution in [-0.2, 0) is 32.7 Å². The summed E-state index contributed by atoms with van der Waals surface area (Å²) in [5.74, 6) is -1.26. The van der Waals surface area contributed by atoms with Crippen LogP contribution in [0.1, 0.15) is 142 Å². The van der Waals surface area contributed by atoms with Gasteiger partial charge in [0.2, 0.25) is 0 Å². The van der Waals surface area contributed by atoms with Gasteiger partial charge in [-0.15, -0.1) is 0 Å². The Morgan fingerprint density at radius 3 is 1.54 bits per heavy atom. The van der Waals surface area contributed by atoms with Gasteiger partial charge in [0.25, 0.3) is 0 Å². The standard InChI is InChI=1S/C45H75O13P/c1-3-5-7-9-11-13-15-17-19-21-23-25-27-29-31-33-38(46)55-35-37(36-56-59(53,54)58-45-43(51)41(49)40(48)42(50)44(45)52)57-39(47)34-32-30-28-26-24-22-20-18-16-14-12-10-8-6-4-2/h6,8,12,14,17-20,24,26,30,32,37,40-45,48-52H,3-5,7,9-11,13,15-16,21-23,25,27-29,31,33-36H2,1-2H3,(H,53,54)/b8-6-,14-12-,19-17-,20-18-,26-24-,32-30-. The second-order valence-corrected chi connectivity index (χ2v) is 16.2. The van der Waals surface area contributed by atoms with Gasteiger partial charge in [0.15, 0.2) is 6.10 Å². The lowest BCUT2D eigenvalue weighted by atomic mass is 9.85. The number of ether oxygens (including phenoxy) is 2. The summed E-state index contributed by atoms with van der Waals surface area (Å²) in [5.41, 5.74) is 0. The lowest BCUT2D eigenvalue weighted by Gasteiger charge is -2.41. The minimum absolute atomic E-state index is 0.134. The van der Waals surface area contributed by atoms with Crippen LogP contribution in [-0.4, -0.2) is 98.3 Å². The molecule has 1 fully saturated rings. The van der Waals surface area contributed by atoms with Crippen molar-refractivity contribution in [3.8, 4) is 0 Å². The predicted octanol–water partition coefficient (Wildman–Crippen LogP) is 7.94. The van der Waals surface area contributed by atoms with Crippen LogP contribution in [0, 0.1) is 0 Å². The molecule has 0 aromatic heterocycles. The Morgan fingerprint density at radius 2 is 1.02 bits per heavy atom. The fourth-order valence-electron chi connectivity index (χ4n) is 6.06. The highest BCUT2D eigenvalue weighted by Crippen LogP contribution is 2.47. The molecule has 14 heteroatoms. The highest BCUT2D eigenvalue weighted by Gasteiger charge is 2.51. The average Bonchev–Trinajstić information content (AvgIpc) is 3.21. The molecule has 59 heavy (non-hydrogen) atoms. The topological polar surface area (TPSA) is 210 Å². The predicted molar refractivity (Wildman–Crippen MR) is 230 cm³/mol. The van der Waals surface area contributed by atoms with Crippen molar-refractivity contribution < 1.29 is 63.1 Å². The van der Waals surface area contributed by atoms with Crippen LogP contribution in [0.4, 0.5) is 0 Å². The minimum Gasteiger partial charge on any atom is -0.462 e. The minimum atomic E-state index is -5.14. The molecule has 6 unspecified atom stereocenters. The van der Waals surface area contributed by atoms with Gasteiger partial charge in [-0.1, -0.05) is 138 Å². The van der Waals surface area contributed by atoms with Crippen molar-refractivity contribution in [2.24, 2.45) is 0 Å². The molecular formula is C45H75O13P. The Balaban J connectivity index is 2.56. The second kappa shape index (κ2) is 34.9. The van der Waals surface area contributed by atoms with E-state index in [1.54, 1.807) is 12.2 Å². The molecule has 1 rings (SSSR count). The molecule has 6 atom stereocenters. The third kappa shape index (κ3) is 27.7. The summed E-state index contributed by atoms with van der Waals surface area (Å²) in [4.78, 5) is 35.5. The zero-order valence-corrected chi connectivity index (χ0v) is 36.4. The molecule has 0 spiro atoms. The number of aliphatic hydroxyl groups is 5. The van der Waals surface area contributed by atoms with E-state index in [0.717, 1.165) is 64.2 Å². The van der Waals surface area contributed by atoms with Crippen LogP contribution in [0.25, 0.3) is 0 Å². The summed E-state index contributed by atoms with van der Waals surface area (Å²) in [6.07, 6.45) is 29.9. The van der Waals surface area contributed by atoms with Crippen molar-refractivity contribution in [1.82, 2.24) is 0 Å². The number of hydrogen-bond acceptors (Lipinski definition) is 12. The number of phosphoric ester groups is 1. The molecule has 0 saturated heterocycles. The van der Waals surface area contributed by atoms with E-state index >= 15 is 0 Å². The van der Waals surface area contributed by atoms with Crippen LogP contribution < -0.4 is 0 Å². The summed E-state index contributed by atoms with van der Waals surface area (Å²) in [6.45, 7) is 3.06. The average molecular weight is 855 g/mol. The molecule has 0 radical (unpaired) electrons. The van der Waals surface area contributed by atoms with Crippen LogP contribution in [0.15, 0.2) is 72.9 Å². The molecule has 6 N–H and O–H groups in total. The Kier molecular flexibility index (Phi) is 32.2. The number of unbranched alkanes of at least 4 members (excludes halogenated alkanes) is 11. The Hall–Kier alpha value is -2.71. The van der Waals surface area contributed by atoms with Crippen molar-refractivity contribution in [2.45, 2.75) is 185 Å². The Morgan fingerprint density at radius 1 is 0.559 bits per heavy atom. The fourth-order valence-corrected chi connectivity index (χ4v) is 7.03. The van der Waals surface area contributed by atoms with Gasteiger partial charge in [-0.05, 0) is 64.2 Å². The van der Waals surface area contributed by atoms with Crippen molar-refractivity contribution in [1.29, 1.82) is 0 Å². The molecule has 0 aliphatic heterocycles. The first-order chi connectivity index (χ1) is 28.4. The van der Waals surface area contributed by atoms with Gasteiger partial charge >= 0.3 is 19.8 Å². The van der Waals surface area contributed by atoms with E-state index in [2.05, 4.69) is 62.5 Å². The lowest BCUT2D eigenvalue weighted by Crippen LogP contribution is -2.64. The quantitative estimate of drug-likeness (QED) is 0.0157. The van der Waals surface area contributed by atoms with Gasteiger partial charge in [-0.25, -0.2) is 4.57 Å². The van der Waals surface area contributed by atoms with Crippen molar-refractivity contribution in [3.05, 3.63) is 72.9 Å². The zero-order valence-electron chi connectivity index (χ0n) is 35.5. The SMILES string of the molecule is CC/C=C\C/C=C\C/C=C\C/C=C\C/C=C\CC(=O)OC(COC(=O)CCCCCCC/C=C\CCCCCCCC)COP(=O)(O)OC1C(O)C(O)C(O)C(O)C1O. The number of hydrogen-bond donors (Lipinski definition) is 6. The number of phosphoric acid groups is 1. The van der Waals surface area contributed by atoms with E-state index in [1.165, 1.54) is 38.5 Å². The maximum absolute atomic E-state index is 12.8. The van der Waals surface area contributed by atoms with Crippen LogP contribution in [0.5, 0.6) is 0 Å². The van der Waals surface area contributed by atoms with Crippen molar-refractivity contribution in [2.75, 3.05) is 13.2 Å². The Labute approximate surface area is 353 Å². The van der Waals surface area contributed by atoms with E-state index in [4.69, 9.17) is 18.5 Å². The van der Waals surface area contributed by atoms with E-state index in [9.17, 15) is 44.6 Å². The smallest absolute Gasteiger partial charge is 0.462 e. The van der Waals surface area contributed by atoms with Crippen LogP contribution in [0.2, 0.25) is 0 Å². The maximum atomic E-state index is 12.8. The van der Waals surface area contributed by atoms with E-state index in [0.29, 0.717) is 12.8 Å². The van der Waals surface area contributed by atoms with Gasteiger partial charge in [-0.3, -0.25) is 18.6 Å². The summed E-state index contributed by atoms with van der Waals surface area (Å²) in [6, 6.07) is 0. The molecule has 0 aromatic rings. The molecule has 13 nitrogen and oxygen atoms in total. The first-order valence-electron chi connectivity index (χ1n) is 21.7. The number of carbonyl (C=O) groups is 2. The number of esters is 2. The van der Waals surface area contributed by atoms with Gasteiger partial charge < -0.3 is 39.9 Å². The summed E-state index contributed by atoms with van der Waals surface area (Å²) in [7, 11) is -5.14. The molecule has 0 amide bonds. The van der Waals surface area contributed by atoms with Crippen molar-refractivity contribution in [3.63, 3.8) is 0 Å². The molecule has 1 saturated carbocycles. The molecule has 0 aromatic carbocycles. The largest absolute Gasteiger partial charge is 0.472 e.